The lowest BCUT2D eigenvalue weighted by Gasteiger charge is -2.18. The van der Waals surface area contributed by atoms with Gasteiger partial charge in [0, 0.05) is 45.4 Å². The molecule has 0 aliphatic heterocycles. The summed E-state index contributed by atoms with van der Waals surface area (Å²) in [7, 11) is 0. The van der Waals surface area contributed by atoms with Crippen LogP contribution in [0, 0.1) is 11.3 Å². The largest absolute Gasteiger partial charge is 0.325 e. The summed E-state index contributed by atoms with van der Waals surface area (Å²) < 4.78 is 0. The van der Waals surface area contributed by atoms with Crippen LogP contribution in [0.15, 0.2) is 133 Å². The Kier molecular flexibility index (Phi) is 7.41. The molecule has 212 valence electrons. The van der Waals surface area contributed by atoms with Crippen LogP contribution in [0.5, 0.6) is 0 Å². The lowest BCUT2D eigenvalue weighted by molar-refractivity contribution is -0.120. The standard InChI is InChI=1S/C35H28N4O4/c40-31(36-25-12-3-1-4-13-25)23-10-7-11-24(20-23)32(41)38-27-16-8-17-28(21-27)39-34(43)35-19-9-18-29(30(35)22-35)33(42)37-26-14-5-2-6-15-26/h1-21,30H,22H2,(H,36,40)(H,37,42)(H,38,41)(H,39,43). The van der Waals surface area contributed by atoms with Gasteiger partial charge in [-0.05, 0) is 67.1 Å². The van der Waals surface area contributed by atoms with Gasteiger partial charge in [0.25, 0.3) is 17.7 Å². The Balaban J connectivity index is 1.08. The fourth-order valence-corrected chi connectivity index (χ4v) is 5.23. The van der Waals surface area contributed by atoms with Gasteiger partial charge in [-0.2, -0.15) is 0 Å². The van der Waals surface area contributed by atoms with Gasteiger partial charge in [-0.15, -0.1) is 0 Å². The molecule has 4 N–H and O–H groups in total. The fraction of sp³-hybridized carbons (Fsp3) is 0.0857. The summed E-state index contributed by atoms with van der Waals surface area (Å²) in [6, 6.07) is 31.6. The maximum atomic E-state index is 13.4. The summed E-state index contributed by atoms with van der Waals surface area (Å²) in [5.74, 6) is -1.37. The maximum Gasteiger partial charge on any atom is 0.255 e. The zero-order chi connectivity index (χ0) is 29.8. The van der Waals surface area contributed by atoms with Crippen LogP contribution in [0.2, 0.25) is 0 Å². The average molecular weight is 569 g/mol. The zero-order valence-corrected chi connectivity index (χ0v) is 23.0. The summed E-state index contributed by atoms with van der Waals surface area (Å²) in [6.07, 6.45) is 5.90. The fourth-order valence-electron chi connectivity index (χ4n) is 5.23. The molecule has 43 heavy (non-hydrogen) atoms. The highest BCUT2D eigenvalue weighted by molar-refractivity contribution is 6.10. The molecule has 0 aromatic heterocycles. The van der Waals surface area contributed by atoms with Crippen molar-refractivity contribution in [3.63, 3.8) is 0 Å². The molecule has 8 heteroatoms. The van der Waals surface area contributed by atoms with Gasteiger partial charge in [0.1, 0.15) is 0 Å². The highest BCUT2D eigenvalue weighted by atomic mass is 16.2. The number of amides is 4. The number of para-hydroxylation sites is 2. The van der Waals surface area contributed by atoms with E-state index in [1.807, 2.05) is 54.6 Å². The predicted molar refractivity (Wildman–Crippen MR) is 167 cm³/mol. The maximum absolute atomic E-state index is 13.4. The molecule has 2 atom stereocenters. The van der Waals surface area contributed by atoms with Gasteiger partial charge in [0.15, 0.2) is 0 Å². The molecule has 1 fully saturated rings. The van der Waals surface area contributed by atoms with Gasteiger partial charge < -0.3 is 21.3 Å². The molecule has 2 aliphatic rings. The topological polar surface area (TPSA) is 116 Å². The van der Waals surface area contributed by atoms with Gasteiger partial charge >= 0.3 is 0 Å². The third-order valence-corrected chi connectivity index (χ3v) is 7.56. The van der Waals surface area contributed by atoms with Crippen molar-refractivity contribution in [2.24, 2.45) is 11.3 Å². The molecule has 0 bridgehead atoms. The molecule has 8 nitrogen and oxygen atoms in total. The summed E-state index contributed by atoms with van der Waals surface area (Å²) in [5, 5.41) is 11.5. The Bertz CT molecular complexity index is 1780. The molecular weight excluding hydrogens is 540 g/mol. The molecule has 4 aromatic carbocycles. The second-order valence-corrected chi connectivity index (χ2v) is 10.5. The first-order chi connectivity index (χ1) is 20.9. The molecule has 4 amide bonds. The first-order valence-electron chi connectivity index (χ1n) is 13.9. The summed E-state index contributed by atoms with van der Waals surface area (Å²) >= 11 is 0. The van der Waals surface area contributed by atoms with E-state index >= 15 is 0 Å². The van der Waals surface area contributed by atoms with Crippen molar-refractivity contribution >= 4 is 46.4 Å². The minimum Gasteiger partial charge on any atom is -0.325 e. The van der Waals surface area contributed by atoms with Crippen LogP contribution in [-0.4, -0.2) is 23.6 Å². The second-order valence-electron chi connectivity index (χ2n) is 10.5. The van der Waals surface area contributed by atoms with Crippen molar-refractivity contribution in [2.75, 3.05) is 21.3 Å². The summed E-state index contributed by atoms with van der Waals surface area (Å²) in [4.78, 5) is 52.0. The van der Waals surface area contributed by atoms with E-state index in [1.165, 1.54) is 6.07 Å². The first kappa shape index (κ1) is 27.4. The van der Waals surface area contributed by atoms with E-state index < -0.39 is 11.3 Å². The quantitative estimate of drug-likeness (QED) is 0.200. The minimum absolute atomic E-state index is 0.213. The van der Waals surface area contributed by atoms with Gasteiger partial charge in [-0.25, -0.2) is 0 Å². The number of hydrogen-bond acceptors (Lipinski definition) is 4. The van der Waals surface area contributed by atoms with Crippen molar-refractivity contribution < 1.29 is 19.2 Å². The number of benzene rings is 4. The van der Waals surface area contributed by atoms with E-state index in [0.717, 1.165) is 0 Å². The van der Waals surface area contributed by atoms with E-state index in [0.29, 0.717) is 45.9 Å². The minimum atomic E-state index is -0.794. The van der Waals surface area contributed by atoms with Gasteiger partial charge in [0.2, 0.25) is 5.91 Å². The number of allylic oxidation sites excluding steroid dienone is 2. The first-order valence-corrected chi connectivity index (χ1v) is 13.9. The number of rotatable bonds is 8. The van der Waals surface area contributed by atoms with E-state index in [-0.39, 0.29) is 23.6 Å². The summed E-state index contributed by atoms with van der Waals surface area (Å²) in [5.41, 5.74) is 2.79. The van der Waals surface area contributed by atoms with Crippen LogP contribution in [0.3, 0.4) is 0 Å². The molecule has 6 rings (SSSR count). The van der Waals surface area contributed by atoms with Gasteiger partial charge in [-0.1, -0.05) is 66.8 Å². The summed E-state index contributed by atoms with van der Waals surface area (Å²) in [6.45, 7) is 0. The van der Waals surface area contributed by atoms with Crippen LogP contribution in [0.25, 0.3) is 0 Å². The number of nitrogens with one attached hydrogen (secondary N) is 4. The molecule has 2 unspecified atom stereocenters. The Morgan fingerprint density at radius 3 is 1.70 bits per heavy atom. The van der Waals surface area contributed by atoms with Crippen LogP contribution in [-0.2, 0) is 9.59 Å². The van der Waals surface area contributed by atoms with E-state index in [4.69, 9.17) is 0 Å². The smallest absolute Gasteiger partial charge is 0.255 e. The molecular formula is C35H28N4O4. The van der Waals surface area contributed by atoms with Crippen molar-refractivity contribution in [3.8, 4) is 0 Å². The molecule has 0 saturated heterocycles. The SMILES string of the molecule is O=C(Nc1ccccc1)C1=CC=CC2(C(=O)Nc3cccc(NC(=O)c4cccc(C(=O)Nc5ccccc5)c4)c3)CC12. The monoisotopic (exact) mass is 568 g/mol. The molecule has 0 heterocycles. The van der Waals surface area contributed by atoms with Gasteiger partial charge in [-0.3, -0.25) is 19.2 Å². The zero-order valence-electron chi connectivity index (χ0n) is 23.0. The number of fused-ring (bicyclic) bond motifs is 1. The average Bonchev–Trinajstić information content (AvgIpc) is 3.79. The van der Waals surface area contributed by atoms with Crippen LogP contribution in [0.1, 0.15) is 27.1 Å². The molecule has 2 aliphatic carbocycles. The Morgan fingerprint density at radius 1 is 0.558 bits per heavy atom. The number of hydrogen-bond donors (Lipinski definition) is 4. The number of carbonyl (C=O) groups excluding carboxylic acids is 4. The van der Waals surface area contributed by atoms with Gasteiger partial charge in [0.05, 0.1) is 5.41 Å². The van der Waals surface area contributed by atoms with Crippen LogP contribution < -0.4 is 21.3 Å². The highest BCUT2D eigenvalue weighted by Crippen LogP contribution is 2.60. The number of anilines is 4. The highest BCUT2D eigenvalue weighted by Gasteiger charge is 2.61. The third kappa shape index (κ3) is 5.99. The Morgan fingerprint density at radius 2 is 1.07 bits per heavy atom. The Labute approximate surface area is 248 Å². The van der Waals surface area contributed by atoms with Crippen molar-refractivity contribution in [2.45, 2.75) is 6.42 Å². The van der Waals surface area contributed by atoms with Crippen molar-refractivity contribution in [1.82, 2.24) is 0 Å². The van der Waals surface area contributed by atoms with Crippen molar-refractivity contribution in [1.29, 1.82) is 0 Å². The lowest BCUT2D eigenvalue weighted by atomic mass is 9.92. The Hall–Kier alpha value is -5.76. The second kappa shape index (κ2) is 11.6. The third-order valence-electron chi connectivity index (χ3n) is 7.56. The molecule has 1 saturated carbocycles. The molecule has 4 aromatic rings. The van der Waals surface area contributed by atoms with Crippen LogP contribution in [0.4, 0.5) is 22.7 Å². The normalized spacial score (nSPS) is 18.0. The predicted octanol–water partition coefficient (Wildman–Crippen LogP) is 6.27. The van der Waals surface area contributed by atoms with E-state index in [1.54, 1.807) is 66.7 Å². The van der Waals surface area contributed by atoms with Crippen molar-refractivity contribution in [3.05, 3.63) is 144 Å². The van der Waals surface area contributed by atoms with E-state index in [2.05, 4.69) is 21.3 Å². The van der Waals surface area contributed by atoms with Crippen LogP contribution >= 0.6 is 0 Å². The molecule has 0 radical (unpaired) electrons. The lowest BCUT2D eigenvalue weighted by Crippen LogP contribution is -2.28. The van der Waals surface area contributed by atoms with E-state index in [9.17, 15) is 19.2 Å². The molecule has 0 spiro atoms. The number of carbonyl (C=O) groups is 4.